The van der Waals surface area contributed by atoms with Gasteiger partial charge in [-0.05, 0) is 49.2 Å². The highest BCUT2D eigenvalue weighted by Crippen LogP contribution is 2.34. The van der Waals surface area contributed by atoms with Crippen LogP contribution in [0, 0.1) is 19.7 Å². The van der Waals surface area contributed by atoms with E-state index in [0.29, 0.717) is 17.5 Å². The summed E-state index contributed by atoms with van der Waals surface area (Å²) >= 11 is 0. The highest BCUT2D eigenvalue weighted by Gasteiger charge is 2.43. The zero-order chi connectivity index (χ0) is 23.8. The van der Waals surface area contributed by atoms with Gasteiger partial charge in [-0.2, -0.15) is 13.2 Å². The summed E-state index contributed by atoms with van der Waals surface area (Å²) in [5.41, 5.74) is -0.105. The van der Waals surface area contributed by atoms with Crippen LogP contribution in [0.3, 0.4) is 0 Å². The summed E-state index contributed by atoms with van der Waals surface area (Å²) in [7, 11) is 0. The van der Waals surface area contributed by atoms with Crippen molar-refractivity contribution in [3.63, 3.8) is 0 Å². The topological polar surface area (TPSA) is 60.2 Å². The Morgan fingerprint density at radius 2 is 1.64 bits per heavy atom. The van der Waals surface area contributed by atoms with E-state index in [-0.39, 0.29) is 24.9 Å². The minimum Gasteiger partial charge on any atom is -0.490 e. The first kappa shape index (κ1) is 22.8. The van der Waals surface area contributed by atoms with Crippen LogP contribution in [0.25, 0.3) is 5.69 Å². The zero-order valence-electron chi connectivity index (χ0n) is 18.1. The van der Waals surface area contributed by atoms with Crippen LogP contribution in [0.1, 0.15) is 40.2 Å². The van der Waals surface area contributed by atoms with Gasteiger partial charge in [0.25, 0.3) is 5.91 Å². The van der Waals surface area contributed by atoms with Gasteiger partial charge in [-0.1, -0.05) is 23.4 Å². The molecule has 1 aliphatic rings. The van der Waals surface area contributed by atoms with Crippen molar-refractivity contribution in [1.29, 1.82) is 0 Å². The Hall–Kier alpha value is -3.43. The van der Waals surface area contributed by atoms with Gasteiger partial charge in [0, 0.05) is 25.9 Å². The Labute approximate surface area is 187 Å². The van der Waals surface area contributed by atoms with Crippen LogP contribution in [0.2, 0.25) is 0 Å². The number of ether oxygens (including phenoxy) is 1. The fraction of sp³-hybridized carbons (Fsp3) is 0.348. The summed E-state index contributed by atoms with van der Waals surface area (Å²) in [4.78, 5) is 14.3. The molecule has 0 radical (unpaired) electrons. The van der Waals surface area contributed by atoms with E-state index >= 15 is 0 Å². The molecule has 0 aliphatic carbocycles. The number of para-hydroxylation sites is 1. The predicted molar refractivity (Wildman–Crippen MR) is 112 cm³/mol. The molecular formula is C23H22F4N4O2. The van der Waals surface area contributed by atoms with Crippen molar-refractivity contribution >= 4 is 5.91 Å². The molecule has 0 N–H and O–H groups in total. The monoisotopic (exact) mass is 462 g/mol. The third-order valence-electron chi connectivity index (χ3n) is 5.64. The molecule has 1 aromatic heterocycles. The van der Waals surface area contributed by atoms with E-state index in [1.807, 2.05) is 32.0 Å². The second-order valence-corrected chi connectivity index (χ2v) is 8.00. The smallest absolute Gasteiger partial charge is 0.435 e. The van der Waals surface area contributed by atoms with Gasteiger partial charge in [0.2, 0.25) is 0 Å². The van der Waals surface area contributed by atoms with Crippen LogP contribution >= 0.6 is 0 Å². The average molecular weight is 462 g/mol. The third kappa shape index (κ3) is 4.69. The number of halogens is 4. The second kappa shape index (κ2) is 8.84. The van der Waals surface area contributed by atoms with E-state index in [1.54, 1.807) is 0 Å². The lowest BCUT2D eigenvalue weighted by molar-refractivity contribution is -0.143. The molecule has 0 saturated carbocycles. The SMILES string of the molecule is Cc1cccc(C)c1OC1CCN(C(=O)c2nnn(-c3ccc(F)cc3)c2C(F)(F)F)CC1. The maximum absolute atomic E-state index is 13.8. The minimum absolute atomic E-state index is 0.0454. The van der Waals surface area contributed by atoms with E-state index < -0.39 is 29.3 Å². The fourth-order valence-corrected chi connectivity index (χ4v) is 3.92. The first-order valence-electron chi connectivity index (χ1n) is 10.5. The van der Waals surface area contributed by atoms with Crippen LogP contribution < -0.4 is 4.74 Å². The lowest BCUT2D eigenvalue weighted by Crippen LogP contribution is -2.42. The van der Waals surface area contributed by atoms with Crippen LogP contribution in [-0.2, 0) is 6.18 Å². The number of amides is 1. The Kier molecular flexibility index (Phi) is 6.09. The van der Waals surface area contributed by atoms with Gasteiger partial charge in [0.05, 0.1) is 5.69 Å². The van der Waals surface area contributed by atoms with Crippen LogP contribution in [0.4, 0.5) is 17.6 Å². The molecule has 174 valence electrons. The lowest BCUT2D eigenvalue weighted by Gasteiger charge is -2.32. The molecule has 1 saturated heterocycles. The molecule has 1 amide bonds. The van der Waals surface area contributed by atoms with Crippen molar-refractivity contribution in [2.75, 3.05) is 13.1 Å². The summed E-state index contributed by atoms with van der Waals surface area (Å²) in [6.45, 7) is 4.36. The number of aryl methyl sites for hydroxylation is 2. The predicted octanol–water partition coefficient (Wildman–Crippen LogP) is 4.73. The molecule has 0 unspecified atom stereocenters. The molecule has 6 nitrogen and oxygen atoms in total. The molecule has 2 aromatic carbocycles. The number of carbonyl (C=O) groups is 1. The Morgan fingerprint density at radius 1 is 1.03 bits per heavy atom. The number of hydrogen-bond acceptors (Lipinski definition) is 4. The number of alkyl halides is 3. The number of nitrogens with zero attached hydrogens (tertiary/aromatic N) is 4. The Bertz CT molecular complexity index is 1130. The van der Waals surface area contributed by atoms with E-state index in [0.717, 1.165) is 41.1 Å². The molecule has 2 heterocycles. The van der Waals surface area contributed by atoms with E-state index in [2.05, 4.69) is 10.3 Å². The number of rotatable bonds is 4. The van der Waals surface area contributed by atoms with Crippen molar-refractivity contribution in [2.24, 2.45) is 0 Å². The van der Waals surface area contributed by atoms with Gasteiger partial charge < -0.3 is 9.64 Å². The van der Waals surface area contributed by atoms with Crippen molar-refractivity contribution in [2.45, 2.75) is 39.0 Å². The van der Waals surface area contributed by atoms with Gasteiger partial charge in [-0.15, -0.1) is 5.10 Å². The fourth-order valence-electron chi connectivity index (χ4n) is 3.92. The van der Waals surface area contributed by atoms with E-state index in [4.69, 9.17) is 4.74 Å². The Balaban J connectivity index is 1.51. The molecule has 0 atom stereocenters. The minimum atomic E-state index is -4.88. The van der Waals surface area contributed by atoms with Crippen LogP contribution in [-0.4, -0.2) is 45.0 Å². The number of benzene rings is 2. The average Bonchev–Trinajstić information content (AvgIpc) is 3.23. The van der Waals surface area contributed by atoms with Gasteiger partial charge in [-0.3, -0.25) is 4.79 Å². The number of hydrogen-bond donors (Lipinski definition) is 0. The maximum atomic E-state index is 13.8. The largest absolute Gasteiger partial charge is 0.490 e. The summed E-state index contributed by atoms with van der Waals surface area (Å²) < 4.78 is 61.4. The summed E-state index contributed by atoms with van der Waals surface area (Å²) in [5.74, 6) is -0.653. The molecule has 33 heavy (non-hydrogen) atoms. The molecule has 4 rings (SSSR count). The first-order chi connectivity index (χ1) is 15.6. The van der Waals surface area contributed by atoms with Crippen molar-refractivity contribution < 1.29 is 27.1 Å². The third-order valence-corrected chi connectivity index (χ3v) is 5.64. The zero-order valence-corrected chi connectivity index (χ0v) is 18.1. The quantitative estimate of drug-likeness (QED) is 0.527. The summed E-state index contributed by atoms with van der Waals surface area (Å²) in [6, 6.07) is 10.2. The molecule has 0 spiro atoms. The van der Waals surface area contributed by atoms with Crippen molar-refractivity contribution in [1.82, 2.24) is 19.9 Å². The molecule has 10 heteroatoms. The van der Waals surface area contributed by atoms with E-state index in [9.17, 15) is 22.4 Å². The normalized spacial score (nSPS) is 15.0. The van der Waals surface area contributed by atoms with Crippen LogP contribution in [0.5, 0.6) is 5.75 Å². The highest BCUT2D eigenvalue weighted by molar-refractivity contribution is 5.93. The molecule has 1 aliphatic heterocycles. The Morgan fingerprint density at radius 3 is 2.21 bits per heavy atom. The lowest BCUT2D eigenvalue weighted by atomic mass is 10.1. The first-order valence-corrected chi connectivity index (χ1v) is 10.5. The maximum Gasteiger partial charge on any atom is 0.435 e. The van der Waals surface area contributed by atoms with Crippen LogP contribution in [0.15, 0.2) is 42.5 Å². The molecule has 1 fully saturated rings. The number of likely N-dealkylation sites (tertiary alicyclic amines) is 1. The second-order valence-electron chi connectivity index (χ2n) is 8.00. The van der Waals surface area contributed by atoms with Gasteiger partial charge >= 0.3 is 6.18 Å². The number of carbonyl (C=O) groups excluding carboxylic acids is 1. The molecule has 3 aromatic rings. The van der Waals surface area contributed by atoms with Gasteiger partial charge in [0.15, 0.2) is 11.4 Å². The summed E-state index contributed by atoms with van der Waals surface area (Å²) in [5, 5.41) is 7.08. The van der Waals surface area contributed by atoms with E-state index in [1.165, 1.54) is 4.90 Å². The summed E-state index contributed by atoms with van der Waals surface area (Å²) in [6.07, 6.45) is -4.07. The van der Waals surface area contributed by atoms with Gasteiger partial charge in [-0.25, -0.2) is 9.07 Å². The number of aromatic nitrogens is 3. The van der Waals surface area contributed by atoms with Crippen molar-refractivity contribution in [3.8, 4) is 11.4 Å². The van der Waals surface area contributed by atoms with Gasteiger partial charge in [0.1, 0.15) is 17.7 Å². The highest BCUT2D eigenvalue weighted by atomic mass is 19.4. The standard InChI is InChI=1S/C23H22F4N4O2/c1-14-4-3-5-15(2)20(14)33-18-10-12-30(13-11-18)22(32)19-21(23(25,26)27)31(29-28-19)17-8-6-16(24)7-9-17/h3-9,18H,10-13H2,1-2H3. The number of piperidine rings is 1. The van der Waals surface area contributed by atoms with Crippen molar-refractivity contribution in [3.05, 3.63) is 70.8 Å². The molecular weight excluding hydrogens is 440 g/mol. The molecule has 0 bridgehead atoms.